The molecule has 0 spiro atoms. The number of carbonyl (C=O) groups excluding carboxylic acids is 7. The van der Waals surface area contributed by atoms with Crippen LogP contribution in [0.5, 0.6) is 11.5 Å². The predicted octanol–water partition coefficient (Wildman–Crippen LogP) is -3.54. The van der Waals surface area contributed by atoms with Crippen molar-refractivity contribution in [3.8, 4) is 11.5 Å². The number of primary amides is 1. The van der Waals surface area contributed by atoms with Crippen LogP contribution in [0.4, 0.5) is 0 Å². The number of aliphatic hydroxyl groups excluding tert-OH is 1. The molecule has 1 fully saturated rings. The van der Waals surface area contributed by atoms with Gasteiger partial charge in [-0.15, -0.1) is 0 Å². The Hall–Kier alpha value is -6.81. The van der Waals surface area contributed by atoms with Gasteiger partial charge < -0.3 is 68.5 Å². The zero-order valence-corrected chi connectivity index (χ0v) is 32.5. The van der Waals surface area contributed by atoms with E-state index in [2.05, 4.69) is 26.6 Å². The van der Waals surface area contributed by atoms with Crippen LogP contribution in [0.1, 0.15) is 50.2 Å². The number of amides is 7. The van der Waals surface area contributed by atoms with Crippen LogP contribution in [0.15, 0.2) is 48.5 Å². The van der Waals surface area contributed by atoms with Crippen molar-refractivity contribution in [3.05, 3.63) is 59.7 Å². The molecule has 0 radical (unpaired) electrons. The van der Waals surface area contributed by atoms with Gasteiger partial charge in [0.2, 0.25) is 41.4 Å². The van der Waals surface area contributed by atoms with E-state index in [0.29, 0.717) is 11.1 Å². The van der Waals surface area contributed by atoms with Crippen LogP contribution in [-0.4, -0.2) is 139 Å². The molecule has 2 aromatic carbocycles. The molecule has 3 rings (SSSR count). The lowest BCUT2D eigenvalue weighted by Crippen LogP contribution is -2.61. The summed E-state index contributed by atoms with van der Waals surface area (Å²) in [4.78, 5) is 117. The molecule has 1 aliphatic rings. The van der Waals surface area contributed by atoms with Gasteiger partial charge in [0.1, 0.15) is 47.8 Å². The Labute approximate surface area is 343 Å². The highest BCUT2D eigenvalue weighted by molar-refractivity contribution is 5.98. The van der Waals surface area contributed by atoms with Gasteiger partial charge in [0, 0.05) is 25.8 Å². The third-order valence-electron chi connectivity index (χ3n) is 9.40. The van der Waals surface area contributed by atoms with Crippen LogP contribution < -0.4 is 38.1 Å². The van der Waals surface area contributed by atoms with Crippen LogP contribution in [0.25, 0.3) is 0 Å². The second-order valence-electron chi connectivity index (χ2n) is 14.1. The van der Waals surface area contributed by atoms with Gasteiger partial charge in [0.15, 0.2) is 0 Å². The summed E-state index contributed by atoms with van der Waals surface area (Å²) in [5.74, 6) is -9.79. The number of phenolic OH excluding ortho intramolecular Hbond substituents is 2. The Bertz CT molecular complexity index is 1890. The first kappa shape index (κ1) is 47.6. The van der Waals surface area contributed by atoms with Crippen molar-refractivity contribution in [1.82, 2.24) is 31.5 Å². The number of nitrogens with zero attached hydrogens (tertiary/aromatic N) is 1. The van der Waals surface area contributed by atoms with E-state index in [-0.39, 0.29) is 43.7 Å². The SMILES string of the molecule is C[C@@H](O)[C@H](NC(=O)[C@@H]1CCCN1C(=O)[C@H](CC(N)=O)NC(=O)[C@H](CCC(=O)O)NC(=O)[C@H](Cc1ccc(O)cc1)NC(=O)CN)C(=O)N[C@@H](Cc1ccc(O)cc1)C(=O)O. The average Bonchev–Trinajstić information content (AvgIpc) is 3.68. The van der Waals surface area contributed by atoms with Gasteiger partial charge >= 0.3 is 11.9 Å². The fourth-order valence-corrected chi connectivity index (χ4v) is 6.30. The normalized spacial score (nSPS) is 16.4. The molecule has 2 aromatic rings. The summed E-state index contributed by atoms with van der Waals surface area (Å²) in [6.07, 6.45) is -3.65. The number of rotatable bonds is 22. The van der Waals surface area contributed by atoms with E-state index in [4.69, 9.17) is 11.5 Å². The molecule has 0 unspecified atom stereocenters. The van der Waals surface area contributed by atoms with Crippen LogP contribution >= 0.6 is 0 Å². The quantitative estimate of drug-likeness (QED) is 0.0546. The topological polar surface area (TPSA) is 370 Å². The first-order chi connectivity index (χ1) is 28.3. The fourth-order valence-electron chi connectivity index (χ4n) is 6.30. The number of aliphatic carboxylic acids is 2. The number of carbonyl (C=O) groups is 9. The molecule has 0 aliphatic carbocycles. The Morgan fingerprint density at radius 1 is 0.733 bits per heavy atom. The molecule has 0 bridgehead atoms. The lowest BCUT2D eigenvalue weighted by Gasteiger charge is -2.31. The smallest absolute Gasteiger partial charge is 0.326 e. The molecule has 0 aromatic heterocycles. The lowest BCUT2D eigenvalue weighted by molar-refractivity contribution is -0.145. The minimum atomic E-state index is -1.75. The molecule has 1 aliphatic heterocycles. The number of likely N-dealkylation sites (tertiary alicyclic amines) is 1. The van der Waals surface area contributed by atoms with Gasteiger partial charge in [-0.05, 0) is 61.6 Å². The van der Waals surface area contributed by atoms with Crippen molar-refractivity contribution in [2.45, 2.75) is 94.2 Å². The lowest BCUT2D eigenvalue weighted by atomic mass is 10.0. The largest absolute Gasteiger partial charge is 0.508 e. The molecule has 326 valence electrons. The maximum Gasteiger partial charge on any atom is 0.326 e. The van der Waals surface area contributed by atoms with Crippen LogP contribution in [-0.2, 0) is 56.0 Å². The van der Waals surface area contributed by atoms with Gasteiger partial charge in [-0.2, -0.15) is 0 Å². The summed E-state index contributed by atoms with van der Waals surface area (Å²) in [6, 6.07) is 1.87. The monoisotopic (exact) mass is 842 g/mol. The van der Waals surface area contributed by atoms with Gasteiger partial charge in [-0.1, -0.05) is 24.3 Å². The number of carboxylic acid groups (broad SMARTS) is 2. The zero-order valence-electron chi connectivity index (χ0n) is 32.5. The summed E-state index contributed by atoms with van der Waals surface area (Å²) in [6.45, 7) is 0.576. The summed E-state index contributed by atoms with van der Waals surface area (Å²) in [5, 5.41) is 60.4. The average molecular weight is 843 g/mol. The summed E-state index contributed by atoms with van der Waals surface area (Å²) in [5.41, 5.74) is 11.7. The predicted molar refractivity (Wildman–Crippen MR) is 207 cm³/mol. The molecule has 22 heteroatoms. The molecule has 1 heterocycles. The molecular formula is C38H50N8O14. The molecular weight excluding hydrogens is 792 g/mol. The molecule has 22 nitrogen and oxygen atoms in total. The Balaban J connectivity index is 1.79. The second kappa shape index (κ2) is 22.4. The van der Waals surface area contributed by atoms with E-state index in [1.807, 2.05) is 0 Å². The maximum atomic E-state index is 14.0. The van der Waals surface area contributed by atoms with Crippen LogP contribution in [0.2, 0.25) is 0 Å². The van der Waals surface area contributed by atoms with Gasteiger partial charge in [-0.25, -0.2) is 4.79 Å². The number of aliphatic hydroxyl groups is 1. The van der Waals surface area contributed by atoms with Gasteiger partial charge in [0.25, 0.3) is 0 Å². The molecule has 7 atom stereocenters. The van der Waals surface area contributed by atoms with E-state index in [0.717, 1.165) is 11.8 Å². The molecule has 60 heavy (non-hydrogen) atoms. The number of carboxylic acids is 2. The Morgan fingerprint density at radius 3 is 1.75 bits per heavy atom. The number of nitrogens with one attached hydrogen (secondary N) is 5. The standard InChI is InChI=1S/C38H50N8O14/c1-19(47)32(36(57)44-27(38(59)60)16-21-6-10-23(49)11-7-21)45-35(56)28-3-2-14-46(28)37(58)26(17-29(40)50)43-33(54)24(12-13-31(52)53)42-34(55)25(41-30(51)18-39)15-20-4-8-22(48)9-5-20/h4-11,19,24-28,32,47-49H,2-3,12-18,39H2,1H3,(H2,40,50)(H,41,51)(H,42,55)(H,43,54)(H,44,57)(H,45,56)(H,52,53)(H,59,60)/t19-,24+,25+,26+,27+,28+,32+/m1/s1. The fraction of sp³-hybridized carbons (Fsp3) is 0.447. The number of benzene rings is 2. The number of hydrogen-bond acceptors (Lipinski definition) is 13. The summed E-state index contributed by atoms with van der Waals surface area (Å²) >= 11 is 0. The molecule has 0 saturated carbocycles. The molecule has 1 saturated heterocycles. The number of nitrogens with two attached hydrogens (primary N) is 2. The molecule has 7 amide bonds. The van der Waals surface area contributed by atoms with E-state index >= 15 is 0 Å². The van der Waals surface area contributed by atoms with Gasteiger partial charge in [0.05, 0.1) is 19.1 Å². The number of phenols is 2. The Kier molecular flexibility index (Phi) is 17.7. The van der Waals surface area contributed by atoms with Gasteiger partial charge in [-0.3, -0.25) is 38.4 Å². The van der Waals surface area contributed by atoms with Crippen molar-refractivity contribution in [1.29, 1.82) is 0 Å². The first-order valence-corrected chi connectivity index (χ1v) is 18.8. The maximum absolute atomic E-state index is 14.0. The van der Waals surface area contributed by atoms with Crippen molar-refractivity contribution in [3.63, 3.8) is 0 Å². The van der Waals surface area contributed by atoms with E-state index in [1.165, 1.54) is 48.5 Å². The summed E-state index contributed by atoms with van der Waals surface area (Å²) < 4.78 is 0. The Morgan fingerprint density at radius 2 is 1.25 bits per heavy atom. The molecule has 14 N–H and O–H groups in total. The first-order valence-electron chi connectivity index (χ1n) is 18.8. The van der Waals surface area contributed by atoms with Crippen LogP contribution in [0, 0.1) is 0 Å². The van der Waals surface area contributed by atoms with Crippen LogP contribution in [0.3, 0.4) is 0 Å². The summed E-state index contributed by atoms with van der Waals surface area (Å²) in [7, 11) is 0. The van der Waals surface area contributed by atoms with E-state index < -0.39 is 121 Å². The highest BCUT2D eigenvalue weighted by atomic mass is 16.4. The highest BCUT2D eigenvalue weighted by Crippen LogP contribution is 2.20. The van der Waals surface area contributed by atoms with Crippen molar-refractivity contribution < 1.29 is 68.7 Å². The van der Waals surface area contributed by atoms with E-state index in [1.54, 1.807) is 0 Å². The second-order valence-corrected chi connectivity index (χ2v) is 14.1. The van der Waals surface area contributed by atoms with Crippen molar-refractivity contribution >= 4 is 53.3 Å². The third-order valence-corrected chi connectivity index (χ3v) is 9.40. The van der Waals surface area contributed by atoms with Crippen molar-refractivity contribution in [2.75, 3.05) is 13.1 Å². The van der Waals surface area contributed by atoms with E-state index in [9.17, 15) is 68.7 Å². The minimum absolute atomic E-state index is 0.0236. The number of hydrogen-bond donors (Lipinski definition) is 12. The zero-order chi connectivity index (χ0) is 44.7. The third kappa shape index (κ3) is 14.5. The minimum Gasteiger partial charge on any atom is -0.508 e. The van der Waals surface area contributed by atoms with Crippen molar-refractivity contribution in [2.24, 2.45) is 11.5 Å². The number of aromatic hydroxyl groups is 2. The highest BCUT2D eigenvalue weighted by Gasteiger charge is 2.41.